The molecule has 1 aromatic carbocycles. The highest BCUT2D eigenvalue weighted by Gasteiger charge is 2.08. The molecule has 1 heterocycles. The minimum atomic E-state index is -3.68. The molecule has 0 fully saturated rings. The highest BCUT2D eigenvalue weighted by Crippen LogP contribution is 2.09. The first-order chi connectivity index (χ1) is 10.5. The number of nitrogens with zero attached hydrogens (tertiary/aromatic N) is 1. The van der Waals surface area contributed by atoms with E-state index in [1.165, 1.54) is 11.6 Å². The van der Waals surface area contributed by atoms with Gasteiger partial charge in [0.25, 0.3) is 0 Å². The molecule has 0 aliphatic heterocycles. The van der Waals surface area contributed by atoms with Crippen LogP contribution in [0.5, 0.6) is 0 Å². The van der Waals surface area contributed by atoms with Crippen LogP contribution >= 0.6 is 35.3 Å². The fourth-order valence-electron chi connectivity index (χ4n) is 1.82. The first kappa shape index (κ1) is 19.9. The molecule has 9 heteroatoms. The number of nitrogens with two attached hydrogens (primary N) is 1. The Hall–Kier alpha value is -1.17. The molecule has 0 bridgehead atoms. The van der Waals surface area contributed by atoms with Gasteiger partial charge < -0.3 is 10.6 Å². The van der Waals surface area contributed by atoms with Gasteiger partial charge in [-0.25, -0.2) is 13.6 Å². The van der Waals surface area contributed by atoms with Crippen LogP contribution in [0.25, 0.3) is 0 Å². The molecule has 2 rings (SSSR count). The fraction of sp³-hybridized carbons (Fsp3) is 0.214. The average molecular weight is 466 g/mol. The zero-order chi connectivity index (χ0) is 16.0. The molecule has 0 unspecified atom stereocenters. The van der Waals surface area contributed by atoms with E-state index >= 15 is 0 Å². The third-order valence-corrected chi connectivity index (χ3v) is 4.59. The highest BCUT2D eigenvalue weighted by atomic mass is 127. The number of aliphatic imine (C=N–C) groups is 1. The summed E-state index contributed by atoms with van der Waals surface area (Å²) in [6, 6.07) is 8.56. The summed E-state index contributed by atoms with van der Waals surface area (Å²) in [5, 5.41) is 15.5. The van der Waals surface area contributed by atoms with Gasteiger partial charge in [0.15, 0.2) is 5.96 Å². The number of guanidine groups is 1. The van der Waals surface area contributed by atoms with Crippen LogP contribution in [0, 0.1) is 0 Å². The van der Waals surface area contributed by atoms with Crippen molar-refractivity contribution in [2.45, 2.75) is 18.0 Å². The minimum absolute atomic E-state index is 0. The van der Waals surface area contributed by atoms with Crippen LogP contribution in [0.15, 0.2) is 51.0 Å². The number of nitrogens with one attached hydrogen (secondary N) is 2. The second kappa shape index (κ2) is 9.21. The lowest BCUT2D eigenvalue weighted by atomic mass is 10.2. The summed E-state index contributed by atoms with van der Waals surface area (Å²) in [4.78, 5) is 4.23. The molecule has 0 aliphatic rings. The number of thiophene rings is 1. The van der Waals surface area contributed by atoms with Gasteiger partial charge >= 0.3 is 0 Å². The molecule has 0 spiro atoms. The van der Waals surface area contributed by atoms with E-state index in [9.17, 15) is 8.42 Å². The van der Waals surface area contributed by atoms with Gasteiger partial charge in [-0.2, -0.15) is 11.3 Å². The molecule has 6 nitrogen and oxygen atoms in total. The van der Waals surface area contributed by atoms with Gasteiger partial charge in [-0.3, -0.25) is 4.99 Å². The third kappa shape index (κ3) is 6.45. The zero-order valence-corrected chi connectivity index (χ0v) is 16.5. The number of hydrogen-bond acceptors (Lipinski definition) is 4. The first-order valence-electron chi connectivity index (χ1n) is 6.56. The Morgan fingerprint density at radius 3 is 2.48 bits per heavy atom. The van der Waals surface area contributed by atoms with Crippen molar-refractivity contribution in [2.75, 3.05) is 7.05 Å². The zero-order valence-electron chi connectivity index (χ0n) is 12.5. The molecule has 0 atom stereocenters. The predicted octanol–water partition coefficient (Wildman–Crippen LogP) is 1.88. The van der Waals surface area contributed by atoms with E-state index in [1.54, 1.807) is 30.5 Å². The number of benzene rings is 1. The molecular weight excluding hydrogens is 447 g/mol. The number of sulfonamides is 1. The van der Waals surface area contributed by atoms with Crippen LogP contribution in [-0.2, 0) is 23.1 Å². The van der Waals surface area contributed by atoms with E-state index in [0.717, 1.165) is 5.56 Å². The Morgan fingerprint density at radius 1 is 1.22 bits per heavy atom. The van der Waals surface area contributed by atoms with E-state index in [0.29, 0.717) is 19.0 Å². The lowest BCUT2D eigenvalue weighted by molar-refractivity contribution is 0.597. The standard InChI is InChI=1S/C14H18N4O2S2.HI/c1-16-14(18-9-12-5-6-21-10-12)17-8-11-3-2-4-13(7-11)22(15,19)20;/h2-7,10H,8-9H2,1H3,(H2,15,19,20)(H2,16,17,18);1H. The Labute approximate surface area is 157 Å². The molecule has 0 amide bonds. The quantitative estimate of drug-likeness (QED) is 0.356. The van der Waals surface area contributed by atoms with Crippen molar-refractivity contribution in [3.8, 4) is 0 Å². The van der Waals surface area contributed by atoms with E-state index in [1.807, 2.05) is 17.5 Å². The Bertz CT molecular complexity index is 746. The van der Waals surface area contributed by atoms with Gasteiger partial charge in [0.1, 0.15) is 0 Å². The topological polar surface area (TPSA) is 96.6 Å². The Balaban J connectivity index is 0.00000264. The molecule has 23 heavy (non-hydrogen) atoms. The van der Waals surface area contributed by atoms with Gasteiger partial charge in [-0.1, -0.05) is 12.1 Å². The Kier molecular flexibility index (Phi) is 7.95. The summed E-state index contributed by atoms with van der Waals surface area (Å²) in [5.74, 6) is 0.646. The molecule has 0 saturated carbocycles. The van der Waals surface area contributed by atoms with E-state index in [4.69, 9.17) is 5.14 Å². The molecular formula is C14H19IN4O2S2. The highest BCUT2D eigenvalue weighted by molar-refractivity contribution is 14.0. The van der Waals surface area contributed by atoms with Crippen LogP contribution in [0.4, 0.5) is 0 Å². The summed E-state index contributed by atoms with van der Waals surface area (Å²) in [6.45, 7) is 1.13. The van der Waals surface area contributed by atoms with E-state index < -0.39 is 10.0 Å². The van der Waals surface area contributed by atoms with Crippen molar-refractivity contribution >= 4 is 51.3 Å². The van der Waals surface area contributed by atoms with Crippen LogP contribution in [-0.4, -0.2) is 21.4 Å². The van der Waals surface area contributed by atoms with Crippen molar-refractivity contribution in [3.05, 3.63) is 52.2 Å². The SMILES string of the molecule is CN=C(NCc1ccsc1)NCc1cccc(S(N)(=O)=O)c1.I. The number of rotatable bonds is 5. The van der Waals surface area contributed by atoms with E-state index in [2.05, 4.69) is 21.0 Å². The first-order valence-corrected chi connectivity index (χ1v) is 9.05. The van der Waals surface area contributed by atoms with Crippen molar-refractivity contribution in [2.24, 2.45) is 10.1 Å². The molecule has 4 N–H and O–H groups in total. The fourth-order valence-corrected chi connectivity index (χ4v) is 3.07. The van der Waals surface area contributed by atoms with Crippen molar-refractivity contribution in [1.29, 1.82) is 0 Å². The van der Waals surface area contributed by atoms with Crippen LogP contribution in [0.2, 0.25) is 0 Å². The smallest absolute Gasteiger partial charge is 0.238 e. The molecule has 126 valence electrons. The molecule has 0 radical (unpaired) electrons. The predicted molar refractivity (Wildman–Crippen MR) is 105 cm³/mol. The molecule has 1 aromatic heterocycles. The van der Waals surface area contributed by atoms with Gasteiger partial charge in [0.2, 0.25) is 10.0 Å². The molecule has 0 saturated heterocycles. The summed E-state index contributed by atoms with van der Waals surface area (Å²) < 4.78 is 22.7. The van der Waals surface area contributed by atoms with Crippen LogP contribution in [0.3, 0.4) is 0 Å². The summed E-state index contributed by atoms with van der Waals surface area (Å²) in [7, 11) is -2.00. The molecule has 0 aliphatic carbocycles. The summed E-state index contributed by atoms with van der Waals surface area (Å²) in [5.41, 5.74) is 1.99. The average Bonchev–Trinajstić information content (AvgIpc) is 3.00. The lowest BCUT2D eigenvalue weighted by Crippen LogP contribution is -2.36. The molecule has 2 aromatic rings. The second-order valence-electron chi connectivity index (χ2n) is 4.60. The normalized spacial score (nSPS) is 11.7. The van der Waals surface area contributed by atoms with Gasteiger partial charge in [-0.05, 0) is 40.1 Å². The van der Waals surface area contributed by atoms with E-state index in [-0.39, 0.29) is 28.9 Å². The van der Waals surface area contributed by atoms with Gasteiger partial charge in [0.05, 0.1) is 4.90 Å². The Morgan fingerprint density at radius 2 is 1.91 bits per heavy atom. The lowest BCUT2D eigenvalue weighted by Gasteiger charge is -2.11. The second-order valence-corrected chi connectivity index (χ2v) is 6.94. The van der Waals surface area contributed by atoms with Crippen molar-refractivity contribution in [1.82, 2.24) is 10.6 Å². The maximum Gasteiger partial charge on any atom is 0.238 e. The largest absolute Gasteiger partial charge is 0.352 e. The monoisotopic (exact) mass is 466 g/mol. The maximum atomic E-state index is 11.3. The minimum Gasteiger partial charge on any atom is -0.352 e. The van der Waals surface area contributed by atoms with Crippen molar-refractivity contribution < 1.29 is 8.42 Å². The number of hydrogen-bond donors (Lipinski definition) is 3. The number of halogens is 1. The third-order valence-electron chi connectivity index (χ3n) is 2.95. The van der Waals surface area contributed by atoms with Crippen LogP contribution in [0.1, 0.15) is 11.1 Å². The summed E-state index contributed by atoms with van der Waals surface area (Å²) >= 11 is 1.64. The van der Waals surface area contributed by atoms with Gasteiger partial charge in [-0.15, -0.1) is 24.0 Å². The van der Waals surface area contributed by atoms with Crippen molar-refractivity contribution in [3.63, 3.8) is 0 Å². The summed E-state index contributed by atoms with van der Waals surface area (Å²) in [6.07, 6.45) is 0. The maximum absolute atomic E-state index is 11.3. The number of primary sulfonamides is 1. The van der Waals surface area contributed by atoms with Gasteiger partial charge in [0, 0.05) is 20.1 Å². The van der Waals surface area contributed by atoms with Crippen LogP contribution < -0.4 is 15.8 Å².